The molecule has 96 valence electrons. The van der Waals surface area contributed by atoms with Crippen LogP contribution in [0.1, 0.15) is 11.3 Å². The number of nitriles is 1. The largest absolute Gasteiger partial charge is 0.490 e. The van der Waals surface area contributed by atoms with Crippen molar-refractivity contribution in [3.8, 4) is 11.8 Å². The van der Waals surface area contributed by atoms with Crippen molar-refractivity contribution < 1.29 is 4.74 Å². The van der Waals surface area contributed by atoms with E-state index < -0.39 is 0 Å². The summed E-state index contributed by atoms with van der Waals surface area (Å²) in [6.07, 6.45) is 0. The molecule has 0 saturated carbocycles. The van der Waals surface area contributed by atoms with E-state index in [4.69, 9.17) is 10.00 Å². The molecule has 0 atom stereocenters. The molecule has 1 aromatic heterocycles. The van der Waals surface area contributed by atoms with Crippen LogP contribution in [0.2, 0.25) is 0 Å². The average Bonchev–Trinajstić information content (AvgIpc) is 2.42. The molecule has 0 radical (unpaired) electrons. The van der Waals surface area contributed by atoms with Gasteiger partial charge < -0.3 is 9.30 Å². The SMILES string of the molecule is Cc1cccc(=O)n1CCOc1ccccc1C#N. The maximum Gasteiger partial charge on any atom is 0.250 e. The van der Waals surface area contributed by atoms with Crippen molar-refractivity contribution in [1.82, 2.24) is 4.57 Å². The summed E-state index contributed by atoms with van der Waals surface area (Å²) in [6, 6.07) is 14.3. The number of hydrogen-bond acceptors (Lipinski definition) is 3. The van der Waals surface area contributed by atoms with Gasteiger partial charge in [-0.05, 0) is 25.1 Å². The quantitative estimate of drug-likeness (QED) is 0.839. The molecule has 0 aliphatic carbocycles. The van der Waals surface area contributed by atoms with Gasteiger partial charge in [-0.3, -0.25) is 4.79 Å². The number of pyridine rings is 1. The topological polar surface area (TPSA) is 55.0 Å². The fraction of sp³-hybridized carbons (Fsp3) is 0.200. The summed E-state index contributed by atoms with van der Waals surface area (Å²) in [5, 5.41) is 8.94. The highest BCUT2D eigenvalue weighted by Crippen LogP contribution is 2.16. The summed E-state index contributed by atoms with van der Waals surface area (Å²) in [4.78, 5) is 11.7. The summed E-state index contributed by atoms with van der Waals surface area (Å²) >= 11 is 0. The molecule has 0 saturated heterocycles. The van der Waals surface area contributed by atoms with Gasteiger partial charge in [0, 0.05) is 11.8 Å². The molecule has 0 amide bonds. The Bertz CT molecular complexity index is 668. The van der Waals surface area contributed by atoms with Gasteiger partial charge in [0.15, 0.2) is 0 Å². The van der Waals surface area contributed by atoms with Gasteiger partial charge in [-0.1, -0.05) is 18.2 Å². The van der Waals surface area contributed by atoms with Gasteiger partial charge in [0.25, 0.3) is 5.56 Å². The van der Waals surface area contributed by atoms with Crippen molar-refractivity contribution in [1.29, 1.82) is 5.26 Å². The Kier molecular flexibility index (Phi) is 3.99. The van der Waals surface area contributed by atoms with E-state index >= 15 is 0 Å². The van der Waals surface area contributed by atoms with Crippen molar-refractivity contribution in [2.24, 2.45) is 0 Å². The maximum atomic E-state index is 11.7. The minimum Gasteiger partial charge on any atom is -0.490 e. The third kappa shape index (κ3) is 3.02. The van der Waals surface area contributed by atoms with E-state index in [1.165, 1.54) is 6.07 Å². The first-order valence-corrected chi connectivity index (χ1v) is 6.01. The van der Waals surface area contributed by atoms with E-state index in [0.29, 0.717) is 24.5 Å². The summed E-state index contributed by atoms with van der Waals surface area (Å²) in [5.41, 5.74) is 1.35. The van der Waals surface area contributed by atoms with Gasteiger partial charge >= 0.3 is 0 Å². The minimum atomic E-state index is -0.0443. The Labute approximate surface area is 111 Å². The zero-order valence-electron chi connectivity index (χ0n) is 10.7. The van der Waals surface area contributed by atoms with Crippen molar-refractivity contribution in [2.75, 3.05) is 6.61 Å². The Hall–Kier alpha value is -2.54. The van der Waals surface area contributed by atoms with Crippen LogP contribution < -0.4 is 10.3 Å². The summed E-state index contributed by atoms with van der Waals surface area (Å²) in [6.45, 7) is 2.69. The lowest BCUT2D eigenvalue weighted by molar-refractivity contribution is 0.294. The van der Waals surface area contributed by atoms with E-state index in [-0.39, 0.29) is 5.56 Å². The molecule has 1 heterocycles. The van der Waals surface area contributed by atoms with Crippen molar-refractivity contribution in [2.45, 2.75) is 13.5 Å². The molecule has 2 rings (SSSR count). The maximum absolute atomic E-state index is 11.7. The van der Waals surface area contributed by atoms with Gasteiger partial charge in [0.1, 0.15) is 18.4 Å². The van der Waals surface area contributed by atoms with E-state index in [1.54, 1.807) is 28.8 Å². The fourth-order valence-corrected chi connectivity index (χ4v) is 1.84. The first-order valence-electron chi connectivity index (χ1n) is 6.01. The smallest absolute Gasteiger partial charge is 0.250 e. The molecule has 0 spiro atoms. The van der Waals surface area contributed by atoms with Crippen LogP contribution >= 0.6 is 0 Å². The molecular weight excluding hydrogens is 240 g/mol. The predicted molar refractivity (Wildman–Crippen MR) is 72.1 cm³/mol. The molecule has 4 heteroatoms. The number of para-hydroxylation sites is 1. The monoisotopic (exact) mass is 254 g/mol. The summed E-state index contributed by atoms with van der Waals surface area (Å²) in [5.74, 6) is 0.548. The van der Waals surface area contributed by atoms with Crippen LogP contribution in [-0.2, 0) is 6.54 Å². The highest BCUT2D eigenvalue weighted by atomic mass is 16.5. The highest BCUT2D eigenvalue weighted by Gasteiger charge is 2.03. The van der Waals surface area contributed by atoms with E-state index in [2.05, 4.69) is 6.07 Å². The Balaban J connectivity index is 2.05. The molecule has 19 heavy (non-hydrogen) atoms. The van der Waals surface area contributed by atoms with Crippen LogP contribution in [0.4, 0.5) is 0 Å². The zero-order chi connectivity index (χ0) is 13.7. The molecule has 0 fully saturated rings. The average molecular weight is 254 g/mol. The summed E-state index contributed by atoms with van der Waals surface area (Å²) in [7, 11) is 0. The van der Waals surface area contributed by atoms with Crippen LogP contribution in [-0.4, -0.2) is 11.2 Å². The van der Waals surface area contributed by atoms with Crippen LogP contribution in [0, 0.1) is 18.3 Å². The zero-order valence-corrected chi connectivity index (χ0v) is 10.7. The highest BCUT2D eigenvalue weighted by molar-refractivity contribution is 5.42. The van der Waals surface area contributed by atoms with Gasteiger partial charge in [-0.25, -0.2) is 0 Å². The Morgan fingerprint density at radius 2 is 2.00 bits per heavy atom. The third-order valence-corrected chi connectivity index (χ3v) is 2.85. The molecular formula is C15H14N2O2. The number of aryl methyl sites for hydroxylation is 1. The van der Waals surface area contributed by atoms with Crippen LogP contribution in [0.15, 0.2) is 47.3 Å². The third-order valence-electron chi connectivity index (χ3n) is 2.85. The van der Waals surface area contributed by atoms with E-state index in [1.807, 2.05) is 19.1 Å². The second-order valence-corrected chi connectivity index (χ2v) is 4.11. The molecule has 0 aliphatic heterocycles. The van der Waals surface area contributed by atoms with Gasteiger partial charge in [-0.2, -0.15) is 5.26 Å². The molecule has 0 aliphatic rings. The van der Waals surface area contributed by atoms with Gasteiger partial charge in [0.05, 0.1) is 12.1 Å². The van der Waals surface area contributed by atoms with E-state index in [0.717, 1.165) is 5.69 Å². The minimum absolute atomic E-state index is 0.0443. The molecule has 0 unspecified atom stereocenters. The molecule has 4 nitrogen and oxygen atoms in total. The number of ether oxygens (including phenoxy) is 1. The standard InChI is InChI=1S/C15H14N2O2/c1-12-5-4-8-15(18)17(12)9-10-19-14-7-3-2-6-13(14)11-16/h2-8H,9-10H2,1H3. The second-order valence-electron chi connectivity index (χ2n) is 4.11. The second kappa shape index (κ2) is 5.87. The first kappa shape index (κ1) is 12.9. The predicted octanol–water partition coefficient (Wildman–Crippen LogP) is 2.11. The summed E-state index contributed by atoms with van der Waals surface area (Å²) < 4.78 is 7.21. The number of benzene rings is 1. The number of hydrogen-bond donors (Lipinski definition) is 0. The number of rotatable bonds is 4. The van der Waals surface area contributed by atoms with Gasteiger partial charge in [0.2, 0.25) is 0 Å². The normalized spacial score (nSPS) is 9.89. The van der Waals surface area contributed by atoms with Crippen molar-refractivity contribution in [3.05, 3.63) is 64.1 Å². The number of aromatic nitrogens is 1. The first-order chi connectivity index (χ1) is 9.22. The molecule has 1 aromatic carbocycles. The van der Waals surface area contributed by atoms with Crippen LogP contribution in [0.25, 0.3) is 0 Å². The van der Waals surface area contributed by atoms with Crippen LogP contribution in [0.5, 0.6) is 5.75 Å². The van der Waals surface area contributed by atoms with Crippen LogP contribution in [0.3, 0.4) is 0 Å². The Morgan fingerprint density at radius 3 is 2.74 bits per heavy atom. The molecule has 0 N–H and O–H groups in total. The van der Waals surface area contributed by atoms with Crippen molar-refractivity contribution >= 4 is 0 Å². The lowest BCUT2D eigenvalue weighted by Gasteiger charge is -2.11. The molecule has 2 aromatic rings. The van der Waals surface area contributed by atoms with Crippen molar-refractivity contribution in [3.63, 3.8) is 0 Å². The van der Waals surface area contributed by atoms with Gasteiger partial charge in [-0.15, -0.1) is 0 Å². The number of nitrogens with zero attached hydrogens (tertiary/aromatic N) is 2. The fourth-order valence-electron chi connectivity index (χ4n) is 1.84. The Morgan fingerprint density at radius 1 is 1.21 bits per heavy atom. The molecule has 0 bridgehead atoms. The van der Waals surface area contributed by atoms with E-state index in [9.17, 15) is 4.79 Å². The lowest BCUT2D eigenvalue weighted by atomic mass is 10.2. The lowest BCUT2D eigenvalue weighted by Crippen LogP contribution is -2.24.